The average molecular weight is 302 g/mol. The summed E-state index contributed by atoms with van der Waals surface area (Å²) in [5.74, 6) is 0.949. The molecule has 0 saturated heterocycles. The van der Waals surface area contributed by atoms with E-state index < -0.39 is 0 Å². The number of aromatic nitrogens is 1. The quantitative estimate of drug-likeness (QED) is 0.848. The van der Waals surface area contributed by atoms with Crippen molar-refractivity contribution in [3.05, 3.63) is 45.4 Å². The van der Waals surface area contributed by atoms with E-state index in [1.807, 2.05) is 6.07 Å². The average Bonchev–Trinajstić information content (AvgIpc) is 3.20. The smallest absolute Gasteiger partial charge is 0.119 e. The van der Waals surface area contributed by atoms with Gasteiger partial charge in [-0.2, -0.15) is 0 Å². The second-order valence-electron chi connectivity index (χ2n) is 5.73. The van der Waals surface area contributed by atoms with E-state index in [1.54, 1.807) is 11.3 Å². The van der Waals surface area contributed by atoms with Crippen molar-refractivity contribution < 1.29 is 4.74 Å². The van der Waals surface area contributed by atoms with Crippen LogP contribution in [0.15, 0.2) is 23.6 Å². The number of hydrogen-bond acceptors (Lipinski definition) is 4. The lowest BCUT2D eigenvalue weighted by molar-refractivity contribution is 0.321. The Morgan fingerprint density at radius 2 is 2.14 bits per heavy atom. The molecule has 3 rings (SSSR count). The second kappa shape index (κ2) is 6.58. The highest BCUT2D eigenvalue weighted by atomic mass is 32.1. The topological polar surface area (TPSA) is 34.1 Å². The molecule has 1 aromatic carbocycles. The number of rotatable bonds is 7. The molecule has 1 aliphatic rings. The molecule has 21 heavy (non-hydrogen) atoms. The summed E-state index contributed by atoms with van der Waals surface area (Å²) < 4.78 is 5.81. The number of nitrogens with one attached hydrogen (secondary N) is 1. The minimum atomic E-state index is 0.686. The molecule has 1 aliphatic carbocycles. The highest BCUT2D eigenvalue weighted by Crippen LogP contribution is 2.20. The maximum Gasteiger partial charge on any atom is 0.119 e. The van der Waals surface area contributed by atoms with E-state index in [9.17, 15) is 0 Å². The number of aryl methyl sites for hydroxylation is 2. The molecule has 1 heterocycles. The minimum Gasteiger partial charge on any atom is -0.493 e. The van der Waals surface area contributed by atoms with Gasteiger partial charge >= 0.3 is 0 Å². The molecular formula is C17H22N2OS. The molecule has 1 N–H and O–H groups in total. The van der Waals surface area contributed by atoms with Crippen LogP contribution in [0.25, 0.3) is 0 Å². The van der Waals surface area contributed by atoms with Gasteiger partial charge in [-0.15, -0.1) is 11.3 Å². The van der Waals surface area contributed by atoms with Gasteiger partial charge in [0.25, 0.3) is 0 Å². The van der Waals surface area contributed by atoms with E-state index in [0.29, 0.717) is 6.61 Å². The van der Waals surface area contributed by atoms with Crippen LogP contribution in [-0.2, 0) is 13.0 Å². The zero-order valence-electron chi connectivity index (χ0n) is 12.7. The SMILES string of the molecule is Cc1ccc(OCCc2nc(CNC3CC3)cs2)cc1C. The Labute approximate surface area is 130 Å². The molecule has 1 fully saturated rings. The van der Waals surface area contributed by atoms with E-state index in [0.717, 1.165) is 35.5 Å². The molecule has 1 aromatic heterocycles. The molecule has 0 aliphatic heterocycles. The Morgan fingerprint density at radius 3 is 2.90 bits per heavy atom. The lowest BCUT2D eigenvalue weighted by atomic mass is 10.1. The first-order valence-electron chi connectivity index (χ1n) is 7.57. The Bertz CT molecular complexity index is 605. The molecule has 0 radical (unpaired) electrons. The van der Waals surface area contributed by atoms with E-state index >= 15 is 0 Å². The van der Waals surface area contributed by atoms with E-state index in [2.05, 4.69) is 41.7 Å². The van der Waals surface area contributed by atoms with Crippen LogP contribution >= 0.6 is 11.3 Å². The van der Waals surface area contributed by atoms with Crippen molar-refractivity contribution in [2.24, 2.45) is 0 Å². The van der Waals surface area contributed by atoms with Gasteiger partial charge in [-0.1, -0.05) is 6.07 Å². The van der Waals surface area contributed by atoms with Gasteiger partial charge in [0.15, 0.2) is 0 Å². The number of thiazole rings is 1. The normalized spacial score (nSPS) is 14.4. The molecule has 0 atom stereocenters. The number of hydrogen-bond donors (Lipinski definition) is 1. The summed E-state index contributed by atoms with van der Waals surface area (Å²) in [7, 11) is 0. The Balaban J connectivity index is 1.44. The summed E-state index contributed by atoms with van der Waals surface area (Å²) in [6, 6.07) is 6.98. The van der Waals surface area contributed by atoms with Gasteiger partial charge in [-0.3, -0.25) is 0 Å². The van der Waals surface area contributed by atoms with Gasteiger partial charge in [-0.05, 0) is 49.9 Å². The van der Waals surface area contributed by atoms with Gasteiger partial charge < -0.3 is 10.1 Å². The molecule has 2 aromatic rings. The van der Waals surface area contributed by atoms with Gasteiger partial charge in [0.05, 0.1) is 17.3 Å². The third kappa shape index (κ3) is 4.29. The van der Waals surface area contributed by atoms with Crippen molar-refractivity contribution in [1.29, 1.82) is 0 Å². The van der Waals surface area contributed by atoms with Crippen LogP contribution in [0.4, 0.5) is 0 Å². The van der Waals surface area contributed by atoms with Crippen LogP contribution in [0.2, 0.25) is 0 Å². The molecule has 3 nitrogen and oxygen atoms in total. The fraction of sp³-hybridized carbons (Fsp3) is 0.471. The second-order valence-corrected chi connectivity index (χ2v) is 6.67. The van der Waals surface area contributed by atoms with Crippen LogP contribution in [0, 0.1) is 13.8 Å². The van der Waals surface area contributed by atoms with Crippen molar-refractivity contribution in [3.8, 4) is 5.75 Å². The number of ether oxygens (including phenoxy) is 1. The molecule has 0 amide bonds. The van der Waals surface area contributed by atoms with E-state index in [1.165, 1.54) is 24.0 Å². The van der Waals surface area contributed by atoms with Gasteiger partial charge in [0.1, 0.15) is 5.75 Å². The van der Waals surface area contributed by atoms with Gasteiger partial charge in [-0.25, -0.2) is 4.98 Å². The molecule has 4 heteroatoms. The van der Waals surface area contributed by atoms with Gasteiger partial charge in [0.2, 0.25) is 0 Å². The first-order valence-corrected chi connectivity index (χ1v) is 8.45. The Morgan fingerprint density at radius 1 is 1.29 bits per heavy atom. The molecule has 112 valence electrons. The summed E-state index contributed by atoms with van der Waals surface area (Å²) in [5, 5.41) is 6.80. The zero-order valence-corrected chi connectivity index (χ0v) is 13.5. The van der Waals surface area contributed by atoms with Crippen molar-refractivity contribution in [1.82, 2.24) is 10.3 Å². The van der Waals surface area contributed by atoms with Gasteiger partial charge in [0, 0.05) is 24.4 Å². The molecule has 0 bridgehead atoms. The molecule has 1 saturated carbocycles. The Kier molecular flexibility index (Phi) is 4.56. The minimum absolute atomic E-state index is 0.686. The lowest BCUT2D eigenvalue weighted by Crippen LogP contribution is -2.15. The zero-order chi connectivity index (χ0) is 14.7. The highest BCUT2D eigenvalue weighted by molar-refractivity contribution is 7.09. The van der Waals surface area contributed by atoms with E-state index in [-0.39, 0.29) is 0 Å². The molecule has 0 unspecified atom stereocenters. The van der Waals surface area contributed by atoms with Crippen molar-refractivity contribution in [2.45, 2.75) is 45.7 Å². The summed E-state index contributed by atoms with van der Waals surface area (Å²) >= 11 is 1.73. The highest BCUT2D eigenvalue weighted by Gasteiger charge is 2.20. The first kappa shape index (κ1) is 14.5. The standard InChI is InChI=1S/C17H22N2OS/c1-12-3-6-16(9-13(12)2)20-8-7-17-19-15(11-21-17)10-18-14-4-5-14/h3,6,9,11,14,18H,4-5,7-8,10H2,1-2H3. The van der Waals surface area contributed by atoms with Crippen molar-refractivity contribution in [2.75, 3.05) is 6.61 Å². The monoisotopic (exact) mass is 302 g/mol. The predicted molar refractivity (Wildman–Crippen MR) is 87.1 cm³/mol. The van der Waals surface area contributed by atoms with Crippen LogP contribution in [0.3, 0.4) is 0 Å². The summed E-state index contributed by atoms with van der Waals surface area (Å²) in [6.45, 7) is 5.82. The molecule has 0 spiro atoms. The predicted octanol–water partition coefficient (Wildman–Crippen LogP) is 3.63. The lowest BCUT2D eigenvalue weighted by Gasteiger charge is -2.07. The van der Waals surface area contributed by atoms with Crippen LogP contribution in [0.5, 0.6) is 5.75 Å². The maximum atomic E-state index is 5.81. The number of benzene rings is 1. The van der Waals surface area contributed by atoms with Crippen LogP contribution in [0.1, 0.15) is 34.7 Å². The summed E-state index contributed by atoms with van der Waals surface area (Å²) in [4.78, 5) is 4.65. The Hall–Kier alpha value is -1.39. The molecular weight excluding hydrogens is 280 g/mol. The number of nitrogens with zero attached hydrogens (tertiary/aromatic N) is 1. The summed E-state index contributed by atoms with van der Waals surface area (Å²) in [6.07, 6.45) is 3.52. The summed E-state index contributed by atoms with van der Waals surface area (Å²) in [5.41, 5.74) is 3.73. The van der Waals surface area contributed by atoms with Crippen LogP contribution < -0.4 is 10.1 Å². The fourth-order valence-corrected chi connectivity index (χ4v) is 2.92. The third-order valence-electron chi connectivity index (χ3n) is 3.81. The largest absolute Gasteiger partial charge is 0.493 e. The first-order chi connectivity index (χ1) is 10.2. The fourth-order valence-electron chi connectivity index (χ4n) is 2.14. The van der Waals surface area contributed by atoms with Crippen molar-refractivity contribution in [3.63, 3.8) is 0 Å². The van der Waals surface area contributed by atoms with Crippen LogP contribution in [-0.4, -0.2) is 17.6 Å². The van der Waals surface area contributed by atoms with E-state index in [4.69, 9.17) is 4.74 Å². The maximum absolute atomic E-state index is 5.81. The third-order valence-corrected chi connectivity index (χ3v) is 4.77. The van der Waals surface area contributed by atoms with Crippen molar-refractivity contribution >= 4 is 11.3 Å².